The predicted octanol–water partition coefficient (Wildman–Crippen LogP) is 4.56. The minimum Gasteiger partial charge on any atom is -0.352 e. The van der Waals surface area contributed by atoms with Gasteiger partial charge in [-0.15, -0.1) is 0 Å². The van der Waals surface area contributed by atoms with Crippen molar-refractivity contribution in [2.75, 3.05) is 18.4 Å². The number of aromatic nitrogens is 3. The number of alkyl halides is 5. The van der Waals surface area contributed by atoms with Crippen LogP contribution in [0.25, 0.3) is 0 Å². The molecule has 0 saturated carbocycles. The van der Waals surface area contributed by atoms with E-state index in [4.69, 9.17) is 0 Å². The van der Waals surface area contributed by atoms with Crippen molar-refractivity contribution in [3.05, 3.63) is 46.0 Å². The van der Waals surface area contributed by atoms with Gasteiger partial charge in [0.2, 0.25) is 5.95 Å². The fourth-order valence-corrected chi connectivity index (χ4v) is 3.86. The largest absolute Gasteiger partial charge is 0.419 e. The molecule has 2 aromatic rings. The maximum Gasteiger partial charge on any atom is 0.419 e. The Morgan fingerprint density at radius 1 is 1.29 bits per heavy atom. The molecule has 3 rings (SSSR count). The van der Waals surface area contributed by atoms with Crippen LogP contribution in [-0.2, 0) is 6.18 Å². The first-order chi connectivity index (χ1) is 14.4. The summed E-state index contributed by atoms with van der Waals surface area (Å²) >= 11 is 3.23. The van der Waals surface area contributed by atoms with Gasteiger partial charge in [-0.3, -0.25) is 4.79 Å². The summed E-state index contributed by atoms with van der Waals surface area (Å²) in [6.45, 7) is 2.46. The van der Waals surface area contributed by atoms with Gasteiger partial charge in [0.25, 0.3) is 11.8 Å². The molecular formula is C19H19BrF5N5O. The van der Waals surface area contributed by atoms with Crippen LogP contribution in [0, 0.1) is 12.8 Å². The molecule has 1 saturated heterocycles. The number of aryl methyl sites for hydroxylation is 1. The zero-order chi connectivity index (χ0) is 23.0. The Bertz CT molecular complexity index is 954. The van der Waals surface area contributed by atoms with E-state index < -0.39 is 48.5 Å². The van der Waals surface area contributed by atoms with Crippen LogP contribution < -0.4 is 5.32 Å². The predicted molar refractivity (Wildman–Crippen MR) is 106 cm³/mol. The molecule has 0 aromatic carbocycles. The van der Waals surface area contributed by atoms with Gasteiger partial charge in [-0.05, 0) is 40.9 Å². The number of likely N-dealkylation sites (tertiary alicyclic amines) is 1. The molecule has 0 aliphatic carbocycles. The van der Waals surface area contributed by atoms with Crippen LogP contribution in [0.1, 0.15) is 35.1 Å². The summed E-state index contributed by atoms with van der Waals surface area (Å²) < 4.78 is 66.9. The molecule has 6 nitrogen and oxygen atoms in total. The summed E-state index contributed by atoms with van der Waals surface area (Å²) in [6, 6.07) is 2.62. The molecule has 168 valence electrons. The summed E-state index contributed by atoms with van der Waals surface area (Å²) in [6.07, 6.45) is -3.74. The Morgan fingerprint density at radius 2 is 1.94 bits per heavy atom. The number of hydrogen-bond donors (Lipinski definition) is 1. The van der Waals surface area contributed by atoms with E-state index in [1.165, 1.54) is 0 Å². The number of pyridine rings is 1. The lowest BCUT2D eigenvalue weighted by Gasteiger charge is -2.43. The highest BCUT2D eigenvalue weighted by Gasteiger charge is 2.46. The average Bonchev–Trinajstić information content (AvgIpc) is 2.67. The van der Waals surface area contributed by atoms with Crippen LogP contribution >= 0.6 is 15.9 Å². The van der Waals surface area contributed by atoms with E-state index in [-0.39, 0.29) is 18.2 Å². The van der Waals surface area contributed by atoms with E-state index in [1.807, 2.05) is 0 Å². The average molecular weight is 508 g/mol. The summed E-state index contributed by atoms with van der Waals surface area (Å²) in [4.78, 5) is 25.6. The number of rotatable bonds is 4. The lowest BCUT2D eigenvalue weighted by Crippen LogP contribution is -2.57. The van der Waals surface area contributed by atoms with Crippen LogP contribution in [0.15, 0.2) is 29.0 Å². The molecule has 1 amide bonds. The smallest absolute Gasteiger partial charge is 0.352 e. The van der Waals surface area contributed by atoms with E-state index in [9.17, 15) is 26.7 Å². The minimum absolute atomic E-state index is 0.0145. The van der Waals surface area contributed by atoms with Crippen LogP contribution in [0.5, 0.6) is 0 Å². The van der Waals surface area contributed by atoms with Gasteiger partial charge >= 0.3 is 6.18 Å². The first-order valence-electron chi connectivity index (χ1n) is 9.32. The van der Waals surface area contributed by atoms with Crippen molar-refractivity contribution in [1.29, 1.82) is 0 Å². The maximum atomic E-state index is 14.3. The van der Waals surface area contributed by atoms with Crippen LogP contribution in [0.3, 0.4) is 0 Å². The molecular weight excluding hydrogens is 489 g/mol. The molecule has 1 fully saturated rings. The third-order valence-corrected chi connectivity index (χ3v) is 5.62. The molecule has 2 atom stereocenters. The zero-order valence-corrected chi connectivity index (χ0v) is 18.1. The molecule has 31 heavy (non-hydrogen) atoms. The summed E-state index contributed by atoms with van der Waals surface area (Å²) in [7, 11) is 0. The normalized spacial score (nSPS) is 21.1. The quantitative estimate of drug-likeness (QED) is 0.614. The molecule has 0 bridgehead atoms. The number of piperidine rings is 1. The Hall–Kier alpha value is -2.37. The topological polar surface area (TPSA) is 71.0 Å². The Kier molecular flexibility index (Phi) is 6.49. The second-order valence-electron chi connectivity index (χ2n) is 7.49. The second kappa shape index (κ2) is 8.64. The summed E-state index contributed by atoms with van der Waals surface area (Å²) in [5, 5.41) is 2.75. The fourth-order valence-electron chi connectivity index (χ4n) is 3.47. The number of nitrogens with zero attached hydrogens (tertiary/aromatic N) is 4. The first kappa shape index (κ1) is 23.3. The monoisotopic (exact) mass is 507 g/mol. The molecule has 0 spiro atoms. The van der Waals surface area contributed by atoms with Gasteiger partial charge in [-0.2, -0.15) is 13.2 Å². The van der Waals surface area contributed by atoms with Crippen molar-refractivity contribution in [3.8, 4) is 0 Å². The Morgan fingerprint density at radius 3 is 2.55 bits per heavy atom. The van der Waals surface area contributed by atoms with Crippen LogP contribution in [0.4, 0.5) is 27.9 Å². The van der Waals surface area contributed by atoms with E-state index >= 15 is 0 Å². The highest BCUT2D eigenvalue weighted by Crippen LogP contribution is 2.36. The van der Waals surface area contributed by atoms with Crippen molar-refractivity contribution in [1.82, 2.24) is 19.9 Å². The number of carbonyl (C=O) groups excluding carboxylic acids is 1. The maximum absolute atomic E-state index is 14.3. The number of anilines is 1. The standard InChI is InChI=1S/C19H19BrF5N5O/c1-10-5-18(21,22)9-30(16(31)15-13(20)4-3-11(2)29-15)14(10)8-28-17-26-6-12(7-27-17)19(23,24)25/h3-4,6-7,10,14H,5,8-9H2,1-2H3,(H,26,27,28)/t10-,14-/m1/s1. The van der Waals surface area contributed by atoms with Gasteiger partial charge in [0.1, 0.15) is 5.69 Å². The van der Waals surface area contributed by atoms with Gasteiger partial charge < -0.3 is 10.2 Å². The molecule has 1 N–H and O–H groups in total. The molecule has 2 aromatic heterocycles. The lowest BCUT2D eigenvalue weighted by atomic mass is 9.88. The fraction of sp³-hybridized carbons (Fsp3) is 0.474. The Balaban J connectivity index is 1.82. The Labute approximate surface area is 183 Å². The third kappa shape index (κ3) is 5.46. The molecule has 0 radical (unpaired) electrons. The third-order valence-electron chi connectivity index (χ3n) is 4.98. The van der Waals surface area contributed by atoms with Gasteiger partial charge in [0, 0.05) is 35.5 Å². The summed E-state index contributed by atoms with van der Waals surface area (Å²) in [5.74, 6) is -4.44. The van der Waals surface area contributed by atoms with Crippen LogP contribution in [-0.4, -0.2) is 50.8 Å². The van der Waals surface area contributed by atoms with Gasteiger partial charge in [0.05, 0.1) is 18.2 Å². The van der Waals surface area contributed by atoms with Crippen molar-refractivity contribution < 1.29 is 26.7 Å². The van der Waals surface area contributed by atoms with E-state index in [1.54, 1.807) is 26.0 Å². The highest BCUT2D eigenvalue weighted by atomic mass is 79.9. The molecule has 12 heteroatoms. The first-order valence-corrected chi connectivity index (χ1v) is 10.1. The lowest BCUT2D eigenvalue weighted by molar-refractivity contribution is -0.138. The van der Waals surface area contributed by atoms with Crippen molar-refractivity contribution in [2.45, 2.75) is 38.4 Å². The zero-order valence-electron chi connectivity index (χ0n) is 16.6. The van der Waals surface area contributed by atoms with Crippen molar-refractivity contribution in [2.24, 2.45) is 5.92 Å². The number of halogens is 6. The number of hydrogen-bond acceptors (Lipinski definition) is 5. The summed E-state index contributed by atoms with van der Waals surface area (Å²) in [5.41, 5.74) is -0.437. The molecule has 1 aliphatic rings. The molecule has 0 unspecified atom stereocenters. The number of amides is 1. The second-order valence-corrected chi connectivity index (χ2v) is 8.35. The van der Waals surface area contributed by atoms with Crippen molar-refractivity contribution >= 4 is 27.8 Å². The van der Waals surface area contributed by atoms with E-state index in [0.717, 1.165) is 4.90 Å². The highest BCUT2D eigenvalue weighted by molar-refractivity contribution is 9.10. The minimum atomic E-state index is -4.57. The van der Waals surface area contributed by atoms with E-state index in [2.05, 4.69) is 36.2 Å². The SMILES string of the molecule is Cc1ccc(Br)c(C(=O)N2CC(F)(F)C[C@@H](C)[C@H]2CNc2ncc(C(F)(F)F)cn2)n1. The number of nitrogens with one attached hydrogen (secondary N) is 1. The van der Waals surface area contributed by atoms with Gasteiger partial charge in [-0.1, -0.05) is 6.92 Å². The molecule has 1 aliphatic heterocycles. The van der Waals surface area contributed by atoms with E-state index in [0.29, 0.717) is 22.6 Å². The molecule has 3 heterocycles. The van der Waals surface area contributed by atoms with Crippen LogP contribution in [0.2, 0.25) is 0 Å². The van der Waals surface area contributed by atoms with Gasteiger partial charge in [-0.25, -0.2) is 23.7 Å². The van der Waals surface area contributed by atoms with Crippen molar-refractivity contribution in [3.63, 3.8) is 0 Å². The number of carbonyl (C=O) groups is 1. The van der Waals surface area contributed by atoms with Gasteiger partial charge in [0.15, 0.2) is 0 Å².